The first-order valence-corrected chi connectivity index (χ1v) is 8.89. The highest BCUT2D eigenvalue weighted by Crippen LogP contribution is 2.17. The first-order valence-electron chi connectivity index (χ1n) is 6.85. The molecule has 1 unspecified atom stereocenters. The number of rotatable bonds is 8. The van der Waals surface area contributed by atoms with Crippen molar-refractivity contribution in [2.45, 2.75) is 12.5 Å². The van der Waals surface area contributed by atoms with E-state index in [0.717, 1.165) is 12.0 Å². The maximum Gasteiger partial charge on any atom is 0.230 e. The molecule has 0 saturated carbocycles. The van der Waals surface area contributed by atoms with Gasteiger partial charge in [-0.2, -0.15) is 0 Å². The average molecular weight is 321 g/mol. The fraction of sp³-hybridized carbons (Fsp3) is 0.312. The van der Waals surface area contributed by atoms with Gasteiger partial charge in [0.15, 0.2) is 0 Å². The molecule has 2 N–H and O–H groups in total. The third kappa shape index (κ3) is 5.91. The Morgan fingerprint density at radius 2 is 2.05 bits per heavy atom. The lowest BCUT2D eigenvalue weighted by atomic mass is 10.1. The molecule has 1 aromatic heterocycles. The van der Waals surface area contributed by atoms with Gasteiger partial charge in [-0.1, -0.05) is 36.4 Å². The van der Waals surface area contributed by atoms with Crippen molar-refractivity contribution in [1.29, 1.82) is 0 Å². The van der Waals surface area contributed by atoms with Crippen LogP contribution in [0.1, 0.15) is 16.5 Å². The van der Waals surface area contributed by atoms with Crippen molar-refractivity contribution in [1.82, 2.24) is 5.32 Å². The van der Waals surface area contributed by atoms with Gasteiger partial charge in [-0.15, -0.1) is 23.1 Å². The molecule has 21 heavy (non-hydrogen) atoms. The van der Waals surface area contributed by atoms with Crippen LogP contribution in [0.5, 0.6) is 0 Å². The second-order valence-corrected chi connectivity index (χ2v) is 6.68. The number of carbonyl (C=O) groups is 1. The molecule has 112 valence electrons. The fourth-order valence-corrected chi connectivity index (χ4v) is 3.40. The Labute approximate surface area is 133 Å². The smallest absolute Gasteiger partial charge is 0.230 e. The molecule has 2 rings (SSSR count). The number of thioether (sulfide) groups is 1. The highest BCUT2D eigenvalue weighted by molar-refractivity contribution is 7.99. The van der Waals surface area contributed by atoms with Crippen molar-refractivity contribution in [3.63, 3.8) is 0 Å². The van der Waals surface area contributed by atoms with Gasteiger partial charge in [0, 0.05) is 17.2 Å². The lowest BCUT2D eigenvalue weighted by Gasteiger charge is -2.10. The molecule has 0 saturated heterocycles. The molecular weight excluding hydrogens is 302 g/mol. The Hall–Kier alpha value is -1.30. The molecule has 0 radical (unpaired) electrons. The molecule has 1 aromatic carbocycles. The Balaban J connectivity index is 1.58. The van der Waals surface area contributed by atoms with E-state index in [9.17, 15) is 9.90 Å². The van der Waals surface area contributed by atoms with E-state index < -0.39 is 6.10 Å². The van der Waals surface area contributed by atoms with Gasteiger partial charge in [-0.3, -0.25) is 4.79 Å². The van der Waals surface area contributed by atoms with E-state index >= 15 is 0 Å². The number of aliphatic hydroxyl groups excluding tert-OH is 1. The Bertz CT molecular complexity index is 528. The lowest BCUT2D eigenvalue weighted by molar-refractivity contribution is -0.118. The number of hydrogen-bond donors (Lipinski definition) is 2. The fourth-order valence-electron chi connectivity index (χ4n) is 1.87. The number of nitrogens with one attached hydrogen (secondary N) is 1. The van der Waals surface area contributed by atoms with Crippen molar-refractivity contribution in [2.75, 3.05) is 18.1 Å². The van der Waals surface area contributed by atoms with Gasteiger partial charge < -0.3 is 10.4 Å². The van der Waals surface area contributed by atoms with Crippen molar-refractivity contribution in [3.8, 4) is 0 Å². The van der Waals surface area contributed by atoms with Crippen LogP contribution in [0.25, 0.3) is 0 Å². The van der Waals surface area contributed by atoms with Gasteiger partial charge in [0.25, 0.3) is 0 Å². The number of thiophene rings is 1. The molecular formula is C16H19NO2S2. The summed E-state index contributed by atoms with van der Waals surface area (Å²) in [6.45, 7) is 0.668. The van der Waals surface area contributed by atoms with Crippen LogP contribution in [0, 0.1) is 0 Å². The molecule has 0 aliphatic rings. The summed E-state index contributed by atoms with van der Waals surface area (Å²) in [7, 11) is 0. The third-order valence-corrected chi connectivity index (χ3v) is 4.92. The van der Waals surface area contributed by atoms with Crippen LogP contribution in [0.4, 0.5) is 0 Å². The molecule has 1 heterocycles. The van der Waals surface area contributed by atoms with E-state index in [0.29, 0.717) is 18.1 Å². The topological polar surface area (TPSA) is 49.3 Å². The summed E-state index contributed by atoms with van der Waals surface area (Å²) in [6, 6.07) is 13.6. The van der Waals surface area contributed by atoms with Gasteiger partial charge in [0.2, 0.25) is 5.91 Å². The highest BCUT2D eigenvalue weighted by atomic mass is 32.2. The molecule has 0 spiro atoms. The van der Waals surface area contributed by atoms with Crippen LogP contribution in [-0.4, -0.2) is 29.1 Å². The minimum Gasteiger partial charge on any atom is -0.388 e. The van der Waals surface area contributed by atoms with Crippen LogP contribution >= 0.6 is 23.1 Å². The van der Waals surface area contributed by atoms with Gasteiger partial charge in [-0.05, 0) is 23.4 Å². The van der Waals surface area contributed by atoms with Crippen LogP contribution < -0.4 is 5.32 Å². The zero-order chi connectivity index (χ0) is 14.9. The number of carbonyl (C=O) groups excluding carboxylic acids is 1. The molecule has 5 heteroatoms. The van der Waals surface area contributed by atoms with Crippen molar-refractivity contribution < 1.29 is 9.90 Å². The molecule has 0 aliphatic carbocycles. The predicted octanol–water partition coefficient (Wildman–Crippen LogP) is 2.87. The quantitative estimate of drug-likeness (QED) is 0.786. The van der Waals surface area contributed by atoms with E-state index in [-0.39, 0.29) is 5.91 Å². The minimum absolute atomic E-state index is 0.0248. The third-order valence-electron chi connectivity index (χ3n) is 2.97. The van der Waals surface area contributed by atoms with E-state index in [2.05, 4.69) is 11.4 Å². The van der Waals surface area contributed by atoms with Crippen LogP contribution in [0.3, 0.4) is 0 Å². The first kappa shape index (κ1) is 16.1. The average Bonchev–Trinajstić information content (AvgIpc) is 3.01. The van der Waals surface area contributed by atoms with Crippen LogP contribution in [-0.2, 0) is 11.2 Å². The van der Waals surface area contributed by atoms with Gasteiger partial charge >= 0.3 is 0 Å². The molecule has 2 aromatic rings. The predicted molar refractivity (Wildman–Crippen MR) is 89.8 cm³/mol. The van der Waals surface area contributed by atoms with Crippen LogP contribution in [0.2, 0.25) is 0 Å². The summed E-state index contributed by atoms with van der Waals surface area (Å²) in [5.74, 6) is 0.938. The zero-order valence-electron chi connectivity index (χ0n) is 11.7. The summed E-state index contributed by atoms with van der Waals surface area (Å²) < 4.78 is 0. The van der Waals surface area contributed by atoms with Crippen LogP contribution in [0.15, 0.2) is 47.8 Å². The number of hydrogen-bond acceptors (Lipinski definition) is 4. The Kier molecular flexibility index (Phi) is 6.79. The van der Waals surface area contributed by atoms with Crippen molar-refractivity contribution in [3.05, 3.63) is 58.3 Å². The number of amides is 1. The minimum atomic E-state index is -0.518. The molecule has 1 amide bonds. The van der Waals surface area contributed by atoms with E-state index in [1.54, 1.807) is 11.3 Å². The highest BCUT2D eigenvalue weighted by Gasteiger charge is 2.08. The van der Waals surface area contributed by atoms with Gasteiger partial charge in [0.1, 0.15) is 0 Å². The normalized spacial score (nSPS) is 12.0. The lowest BCUT2D eigenvalue weighted by Crippen LogP contribution is -2.27. The Morgan fingerprint density at radius 3 is 2.76 bits per heavy atom. The molecule has 0 fully saturated rings. The molecule has 3 nitrogen and oxygen atoms in total. The molecule has 0 bridgehead atoms. The van der Waals surface area contributed by atoms with E-state index in [1.165, 1.54) is 16.6 Å². The number of benzene rings is 1. The van der Waals surface area contributed by atoms with E-state index in [4.69, 9.17) is 0 Å². The van der Waals surface area contributed by atoms with Gasteiger partial charge in [-0.25, -0.2) is 0 Å². The first-order chi connectivity index (χ1) is 10.3. The number of aliphatic hydroxyl groups is 1. The standard InChI is InChI=1S/C16H19NO2S2/c18-15(13-5-2-1-3-6-13)11-20-12-16(19)17-9-8-14-7-4-10-21-14/h1-7,10,15,18H,8-9,11-12H2,(H,17,19). The largest absolute Gasteiger partial charge is 0.388 e. The zero-order valence-corrected chi connectivity index (χ0v) is 13.3. The maximum atomic E-state index is 11.7. The summed E-state index contributed by atoms with van der Waals surface area (Å²) in [5.41, 5.74) is 0.892. The van der Waals surface area contributed by atoms with E-state index in [1.807, 2.05) is 41.8 Å². The molecule has 1 atom stereocenters. The summed E-state index contributed by atoms with van der Waals surface area (Å²) in [6.07, 6.45) is 0.357. The summed E-state index contributed by atoms with van der Waals surface area (Å²) in [5, 5.41) is 14.9. The second kappa shape index (κ2) is 8.87. The molecule has 0 aliphatic heterocycles. The summed E-state index contributed by atoms with van der Waals surface area (Å²) in [4.78, 5) is 13.0. The summed E-state index contributed by atoms with van der Waals surface area (Å²) >= 11 is 3.16. The van der Waals surface area contributed by atoms with Crippen molar-refractivity contribution in [2.24, 2.45) is 0 Å². The van der Waals surface area contributed by atoms with Gasteiger partial charge in [0.05, 0.1) is 11.9 Å². The maximum absolute atomic E-state index is 11.7. The SMILES string of the molecule is O=C(CSCC(O)c1ccccc1)NCCc1cccs1. The monoisotopic (exact) mass is 321 g/mol. The Morgan fingerprint density at radius 1 is 1.24 bits per heavy atom. The van der Waals surface area contributed by atoms with Crippen molar-refractivity contribution >= 4 is 29.0 Å². The second-order valence-electron chi connectivity index (χ2n) is 4.62.